The van der Waals surface area contributed by atoms with Gasteiger partial charge in [0, 0.05) is 19.4 Å². The molecule has 0 spiro atoms. The molecule has 82 valence electrons. The number of hydrogen-bond acceptors (Lipinski definition) is 2. The minimum atomic E-state index is -0.976. The Balaban J connectivity index is 5.14. The van der Waals surface area contributed by atoms with E-state index in [4.69, 9.17) is 5.11 Å². The molecule has 0 aliphatic heterocycles. The van der Waals surface area contributed by atoms with Crippen molar-refractivity contribution < 1.29 is 19.5 Å². The number of aliphatic hydroxyl groups is 1. The van der Waals surface area contributed by atoms with Crippen LogP contribution in [-0.4, -0.2) is 54.0 Å². The highest BCUT2D eigenvalue weighted by molar-refractivity contribution is 5.77. The van der Waals surface area contributed by atoms with Crippen molar-refractivity contribution in [3.05, 3.63) is 12.7 Å². The van der Waals surface area contributed by atoms with E-state index in [1.165, 1.54) is 0 Å². The minimum Gasteiger partial charge on any atom is -0.477 e. The van der Waals surface area contributed by atoms with Crippen molar-refractivity contribution in [2.24, 2.45) is 0 Å². The summed E-state index contributed by atoms with van der Waals surface area (Å²) in [7, 11) is 5.44. The molecule has 0 radical (unpaired) electrons. The second-order valence-corrected chi connectivity index (χ2v) is 4.32. The number of hydrogen-bond donors (Lipinski definition) is 2. The molecule has 0 aromatic heterocycles. The van der Waals surface area contributed by atoms with Crippen LogP contribution in [0.1, 0.15) is 12.8 Å². The lowest BCUT2D eigenvalue weighted by atomic mass is 9.88. The molecule has 0 aliphatic rings. The molecule has 4 heteroatoms. The monoisotopic (exact) mass is 202 g/mol. The molecule has 0 fully saturated rings. The molecule has 2 N–H and O–H groups in total. The molecule has 0 heterocycles. The lowest BCUT2D eigenvalue weighted by Gasteiger charge is -2.42. The Morgan fingerprint density at radius 2 is 2.00 bits per heavy atom. The molecule has 0 saturated heterocycles. The maximum atomic E-state index is 11.3. The highest BCUT2D eigenvalue weighted by Crippen LogP contribution is 2.27. The van der Waals surface area contributed by atoms with Crippen molar-refractivity contribution in [3.63, 3.8) is 0 Å². The first kappa shape index (κ1) is 13.1. The fourth-order valence-corrected chi connectivity index (χ4v) is 1.62. The van der Waals surface area contributed by atoms with Gasteiger partial charge in [0.2, 0.25) is 5.54 Å². The van der Waals surface area contributed by atoms with Crippen LogP contribution >= 0.6 is 0 Å². The number of carboxylic acid groups (broad SMARTS) is 1. The maximum absolute atomic E-state index is 11.3. The number of nitrogens with zero attached hydrogens (tertiary/aromatic N) is 1. The quantitative estimate of drug-likeness (QED) is 0.486. The van der Waals surface area contributed by atoms with Crippen LogP contribution in [0, 0.1) is 0 Å². The number of aliphatic hydroxyl groups excluding tert-OH is 1. The average Bonchev–Trinajstić information content (AvgIpc) is 2.01. The summed E-state index contributed by atoms with van der Waals surface area (Å²) < 4.78 is 0.273. The van der Waals surface area contributed by atoms with Crippen molar-refractivity contribution in [2.75, 3.05) is 27.7 Å². The maximum Gasteiger partial charge on any atom is 0.366 e. The predicted molar refractivity (Wildman–Crippen MR) is 54.9 cm³/mol. The number of quaternary nitrogens is 1. The Bertz CT molecular complexity index is 220. The predicted octanol–water partition coefficient (Wildman–Crippen LogP) is 0.474. The number of likely N-dealkylation sites (N-methyl/N-ethyl adjacent to an activating group) is 1. The molecule has 4 nitrogen and oxygen atoms in total. The first-order valence-electron chi connectivity index (χ1n) is 4.58. The molecule has 0 rings (SSSR count). The topological polar surface area (TPSA) is 57.5 Å². The van der Waals surface area contributed by atoms with E-state index < -0.39 is 11.5 Å². The lowest BCUT2D eigenvalue weighted by molar-refractivity contribution is -0.914. The molecule has 0 amide bonds. The zero-order valence-corrected chi connectivity index (χ0v) is 9.16. The number of carbonyl (C=O) groups is 1. The van der Waals surface area contributed by atoms with Gasteiger partial charge < -0.3 is 14.7 Å². The van der Waals surface area contributed by atoms with Gasteiger partial charge in [0.25, 0.3) is 0 Å². The Morgan fingerprint density at radius 3 is 2.21 bits per heavy atom. The van der Waals surface area contributed by atoms with Gasteiger partial charge in [-0.2, -0.15) is 0 Å². The minimum absolute atomic E-state index is 0.129. The third-order valence-corrected chi connectivity index (χ3v) is 2.69. The van der Waals surface area contributed by atoms with Gasteiger partial charge in [-0.05, 0) is 0 Å². The van der Waals surface area contributed by atoms with Crippen LogP contribution in [0.5, 0.6) is 0 Å². The summed E-state index contributed by atoms with van der Waals surface area (Å²) in [6, 6.07) is 0. The van der Waals surface area contributed by atoms with Crippen LogP contribution in [0.15, 0.2) is 12.7 Å². The summed E-state index contributed by atoms with van der Waals surface area (Å²) in [6.07, 6.45) is 2.18. The standard InChI is InChI=1S/C10H19NO3/c1-5-6-10(7-8-12,9(13)14)11(2,3)4/h5,12H,1,6-8H2,2-4H3/p+1. The lowest BCUT2D eigenvalue weighted by Crippen LogP contribution is -2.62. The largest absolute Gasteiger partial charge is 0.477 e. The summed E-state index contributed by atoms with van der Waals surface area (Å²) >= 11 is 0. The third kappa shape index (κ3) is 2.33. The summed E-state index contributed by atoms with van der Waals surface area (Å²) in [5.74, 6) is -0.890. The SMILES string of the molecule is C=CCC(CCO)(C(=O)O)[N+](C)(C)C. The second-order valence-electron chi connectivity index (χ2n) is 4.32. The Morgan fingerprint density at radius 1 is 1.50 bits per heavy atom. The van der Waals surface area contributed by atoms with Crippen molar-refractivity contribution in [1.29, 1.82) is 0 Å². The van der Waals surface area contributed by atoms with Gasteiger partial charge in [-0.25, -0.2) is 4.79 Å². The fraction of sp³-hybridized carbons (Fsp3) is 0.700. The van der Waals surface area contributed by atoms with Crippen LogP contribution in [0.25, 0.3) is 0 Å². The van der Waals surface area contributed by atoms with E-state index in [9.17, 15) is 9.90 Å². The zero-order valence-electron chi connectivity index (χ0n) is 9.16. The van der Waals surface area contributed by atoms with E-state index in [2.05, 4.69) is 6.58 Å². The number of carboxylic acids is 1. The molecule has 0 bridgehead atoms. The van der Waals surface area contributed by atoms with Crippen molar-refractivity contribution in [2.45, 2.75) is 18.4 Å². The van der Waals surface area contributed by atoms with Gasteiger partial charge in [0.1, 0.15) is 0 Å². The molecule has 0 aliphatic carbocycles. The summed E-state index contributed by atoms with van der Waals surface area (Å²) in [4.78, 5) is 11.3. The molecule has 1 unspecified atom stereocenters. The Labute approximate surface area is 85.1 Å². The fourth-order valence-electron chi connectivity index (χ4n) is 1.62. The molecule has 0 aromatic carbocycles. The highest BCUT2D eigenvalue weighted by atomic mass is 16.4. The van der Waals surface area contributed by atoms with Crippen LogP contribution < -0.4 is 0 Å². The molecular formula is C10H20NO3+. The highest BCUT2D eigenvalue weighted by Gasteiger charge is 2.48. The summed E-state index contributed by atoms with van der Waals surface area (Å²) in [5, 5.41) is 18.2. The third-order valence-electron chi connectivity index (χ3n) is 2.69. The zero-order chi connectivity index (χ0) is 11.4. The second kappa shape index (κ2) is 4.57. The summed E-state index contributed by atoms with van der Waals surface area (Å²) in [6.45, 7) is 3.44. The van der Waals surface area contributed by atoms with E-state index >= 15 is 0 Å². The normalized spacial score (nSPS) is 16.0. The van der Waals surface area contributed by atoms with Gasteiger partial charge in [0.05, 0.1) is 21.1 Å². The van der Waals surface area contributed by atoms with E-state index in [-0.39, 0.29) is 17.5 Å². The van der Waals surface area contributed by atoms with Gasteiger partial charge in [-0.1, -0.05) is 6.08 Å². The van der Waals surface area contributed by atoms with E-state index in [0.29, 0.717) is 6.42 Å². The first-order chi connectivity index (χ1) is 6.31. The van der Waals surface area contributed by atoms with Crippen LogP contribution in [-0.2, 0) is 4.79 Å². The number of aliphatic carboxylic acids is 1. The van der Waals surface area contributed by atoms with E-state index in [0.717, 1.165) is 0 Å². The van der Waals surface area contributed by atoms with Crippen LogP contribution in [0.4, 0.5) is 0 Å². The number of rotatable bonds is 6. The Kier molecular flexibility index (Phi) is 4.29. The molecule has 14 heavy (non-hydrogen) atoms. The smallest absolute Gasteiger partial charge is 0.366 e. The van der Waals surface area contributed by atoms with E-state index in [1.807, 2.05) is 21.1 Å². The van der Waals surface area contributed by atoms with Crippen molar-refractivity contribution in [1.82, 2.24) is 0 Å². The molecule has 0 aromatic rings. The molecular weight excluding hydrogens is 182 g/mol. The molecule has 1 atom stereocenters. The van der Waals surface area contributed by atoms with Crippen molar-refractivity contribution >= 4 is 5.97 Å². The van der Waals surface area contributed by atoms with Gasteiger partial charge in [-0.3, -0.25) is 0 Å². The average molecular weight is 202 g/mol. The van der Waals surface area contributed by atoms with Gasteiger partial charge in [0.15, 0.2) is 0 Å². The van der Waals surface area contributed by atoms with Crippen LogP contribution in [0.2, 0.25) is 0 Å². The summed E-state index contributed by atoms with van der Waals surface area (Å²) in [5.41, 5.74) is -0.976. The van der Waals surface area contributed by atoms with Gasteiger partial charge >= 0.3 is 5.97 Å². The molecule has 0 saturated carbocycles. The van der Waals surface area contributed by atoms with E-state index in [1.54, 1.807) is 6.08 Å². The van der Waals surface area contributed by atoms with Gasteiger partial charge in [-0.15, -0.1) is 6.58 Å². The van der Waals surface area contributed by atoms with Crippen LogP contribution in [0.3, 0.4) is 0 Å². The van der Waals surface area contributed by atoms with Crippen molar-refractivity contribution in [3.8, 4) is 0 Å². The Hall–Kier alpha value is -0.870. The first-order valence-corrected chi connectivity index (χ1v) is 4.58.